The highest BCUT2D eigenvalue weighted by Crippen LogP contribution is 2.17. The molecule has 0 amide bonds. The number of anilines is 2. The monoisotopic (exact) mass is 183 g/mol. The van der Waals surface area contributed by atoms with Crippen LogP contribution in [0.2, 0.25) is 0 Å². The zero-order valence-corrected chi connectivity index (χ0v) is 8.41. The first-order chi connectivity index (χ1) is 6.15. The number of nitrogen functional groups attached to an aromatic ring is 1. The van der Waals surface area contributed by atoms with Gasteiger partial charge in [0.1, 0.15) is 0 Å². The third kappa shape index (κ3) is 2.35. The van der Waals surface area contributed by atoms with Gasteiger partial charge in [0, 0.05) is 33.4 Å². The van der Waals surface area contributed by atoms with Crippen LogP contribution in [0.4, 0.5) is 11.5 Å². The molecule has 0 unspecified atom stereocenters. The van der Waals surface area contributed by atoms with Gasteiger partial charge in [-0.1, -0.05) is 0 Å². The normalized spacial score (nSPS) is 10.4. The molecule has 1 aromatic heterocycles. The molecular weight excluding hydrogens is 166 g/mol. The second kappa shape index (κ2) is 4.13. The molecule has 0 fully saturated rings. The third-order valence-electron chi connectivity index (χ3n) is 1.90. The quantitative estimate of drug-likeness (QED) is 0.670. The highest BCUT2D eigenvalue weighted by Gasteiger charge is 2.08. The lowest BCUT2D eigenvalue weighted by molar-refractivity contribution is 0.730. The van der Waals surface area contributed by atoms with Crippen molar-refractivity contribution in [3.8, 4) is 0 Å². The van der Waals surface area contributed by atoms with E-state index >= 15 is 0 Å². The molecule has 0 saturated heterocycles. The predicted molar refractivity (Wildman–Crippen MR) is 54.8 cm³/mol. The van der Waals surface area contributed by atoms with Gasteiger partial charge in [0.2, 0.25) is 0 Å². The molecule has 5 nitrogen and oxygen atoms in total. The summed E-state index contributed by atoms with van der Waals surface area (Å²) in [5, 5.41) is 7.33. The number of nitrogens with two attached hydrogens (primary N) is 1. The van der Waals surface area contributed by atoms with Gasteiger partial charge in [-0.2, -0.15) is 5.10 Å². The standard InChI is InChI=1S/C8H17N5/c1-10-4-5-12(2)8-7(9)6-13(3)11-8/h6,10H,4-5,9H2,1-3H3. The molecule has 0 aromatic carbocycles. The Balaban J connectivity index is 2.64. The number of hydrogen-bond donors (Lipinski definition) is 2. The summed E-state index contributed by atoms with van der Waals surface area (Å²) in [6.07, 6.45) is 1.81. The molecule has 0 saturated carbocycles. The van der Waals surface area contributed by atoms with Crippen LogP contribution in [0.15, 0.2) is 6.20 Å². The summed E-state index contributed by atoms with van der Waals surface area (Å²) in [5.74, 6) is 0.845. The van der Waals surface area contributed by atoms with Gasteiger partial charge in [-0.3, -0.25) is 4.68 Å². The molecule has 1 heterocycles. The first kappa shape index (κ1) is 9.85. The van der Waals surface area contributed by atoms with E-state index in [2.05, 4.69) is 10.4 Å². The summed E-state index contributed by atoms with van der Waals surface area (Å²) in [4.78, 5) is 2.03. The van der Waals surface area contributed by atoms with E-state index in [0.717, 1.165) is 24.6 Å². The second-order valence-corrected chi connectivity index (χ2v) is 3.11. The van der Waals surface area contributed by atoms with Crippen molar-refractivity contribution in [1.29, 1.82) is 0 Å². The maximum absolute atomic E-state index is 5.77. The Bertz CT molecular complexity index is 267. The molecule has 1 aromatic rings. The van der Waals surface area contributed by atoms with Gasteiger partial charge in [0.05, 0.1) is 5.69 Å². The number of rotatable bonds is 4. The van der Waals surface area contributed by atoms with Gasteiger partial charge in [-0.25, -0.2) is 0 Å². The summed E-state index contributed by atoms with van der Waals surface area (Å²) < 4.78 is 1.72. The minimum atomic E-state index is 0.723. The Morgan fingerprint density at radius 3 is 2.85 bits per heavy atom. The van der Waals surface area contributed by atoms with Crippen molar-refractivity contribution in [3.63, 3.8) is 0 Å². The molecule has 1 rings (SSSR count). The molecular formula is C8H17N5. The molecule has 0 aliphatic rings. The van der Waals surface area contributed by atoms with E-state index in [4.69, 9.17) is 5.73 Å². The summed E-state index contributed by atoms with van der Waals surface area (Å²) in [6.45, 7) is 1.82. The second-order valence-electron chi connectivity index (χ2n) is 3.11. The number of nitrogens with zero attached hydrogens (tertiary/aromatic N) is 3. The fourth-order valence-corrected chi connectivity index (χ4v) is 1.18. The number of aryl methyl sites for hydroxylation is 1. The number of likely N-dealkylation sites (N-methyl/N-ethyl adjacent to an activating group) is 2. The van der Waals surface area contributed by atoms with Crippen LogP contribution >= 0.6 is 0 Å². The van der Waals surface area contributed by atoms with Crippen LogP contribution in [0, 0.1) is 0 Å². The van der Waals surface area contributed by atoms with Gasteiger partial charge >= 0.3 is 0 Å². The van der Waals surface area contributed by atoms with Gasteiger partial charge in [0.25, 0.3) is 0 Å². The molecule has 74 valence electrons. The minimum Gasteiger partial charge on any atom is -0.394 e. The minimum absolute atomic E-state index is 0.723. The molecule has 5 heteroatoms. The average Bonchev–Trinajstić information content (AvgIpc) is 2.41. The summed E-state index contributed by atoms with van der Waals surface area (Å²) >= 11 is 0. The predicted octanol–water partition coefficient (Wildman–Crippen LogP) is -0.342. The number of nitrogens with one attached hydrogen (secondary N) is 1. The van der Waals surface area contributed by atoms with Crippen molar-refractivity contribution in [1.82, 2.24) is 15.1 Å². The van der Waals surface area contributed by atoms with Crippen LogP contribution in [0.5, 0.6) is 0 Å². The van der Waals surface area contributed by atoms with E-state index in [1.165, 1.54) is 0 Å². The van der Waals surface area contributed by atoms with Crippen molar-refractivity contribution >= 4 is 11.5 Å². The smallest absolute Gasteiger partial charge is 0.173 e. The highest BCUT2D eigenvalue weighted by atomic mass is 15.3. The number of hydrogen-bond acceptors (Lipinski definition) is 4. The third-order valence-corrected chi connectivity index (χ3v) is 1.90. The Morgan fingerprint density at radius 1 is 1.69 bits per heavy atom. The van der Waals surface area contributed by atoms with Crippen molar-refractivity contribution in [2.75, 3.05) is 37.8 Å². The Hall–Kier alpha value is -1.23. The van der Waals surface area contributed by atoms with Crippen LogP contribution < -0.4 is 16.0 Å². The maximum atomic E-state index is 5.77. The molecule has 0 aliphatic heterocycles. The Kier molecular flexibility index (Phi) is 3.13. The van der Waals surface area contributed by atoms with Crippen molar-refractivity contribution in [2.45, 2.75) is 0 Å². The Morgan fingerprint density at radius 2 is 2.38 bits per heavy atom. The maximum Gasteiger partial charge on any atom is 0.173 e. The van der Waals surface area contributed by atoms with Gasteiger partial charge in [-0.05, 0) is 7.05 Å². The first-order valence-electron chi connectivity index (χ1n) is 4.30. The van der Waals surface area contributed by atoms with Crippen LogP contribution in [0.3, 0.4) is 0 Å². The van der Waals surface area contributed by atoms with E-state index in [0.29, 0.717) is 0 Å². The van der Waals surface area contributed by atoms with Gasteiger partial charge in [0.15, 0.2) is 5.82 Å². The SMILES string of the molecule is CNCCN(C)c1nn(C)cc1N. The van der Waals surface area contributed by atoms with Crippen LogP contribution in [0.1, 0.15) is 0 Å². The fourth-order valence-electron chi connectivity index (χ4n) is 1.18. The van der Waals surface area contributed by atoms with Crippen molar-refractivity contribution < 1.29 is 0 Å². The summed E-state index contributed by atoms with van der Waals surface area (Å²) in [5.41, 5.74) is 6.49. The molecule has 0 radical (unpaired) electrons. The van der Waals surface area contributed by atoms with Crippen molar-refractivity contribution in [3.05, 3.63) is 6.20 Å². The zero-order chi connectivity index (χ0) is 9.84. The zero-order valence-electron chi connectivity index (χ0n) is 8.41. The van der Waals surface area contributed by atoms with Crippen molar-refractivity contribution in [2.24, 2.45) is 7.05 Å². The lowest BCUT2D eigenvalue weighted by atomic mass is 10.4. The van der Waals surface area contributed by atoms with Crippen LogP contribution in [-0.2, 0) is 7.05 Å². The molecule has 13 heavy (non-hydrogen) atoms. The largest absolute Gasteiger partial charge is 0.394 e. The van der Waals surface area contributed by atoms with E-state index in [1.807, 2.05) is 32.2 Å². The molecule has 0 bridgehead atoms. The van der Waals surface area contributed by atoms with E-state index in [9.17, 15) is 0 Å². The topological polar surface area (TPSA) is 59.1 Å². The summed E-state index contributed by atoms with van der Waals surface area (Å²) in [7, 11) is 5.78. The van der Waals surface area contributed by atoms with Gasteiger partial charge in [-0.15, -0.1) is 0 Å². The molecule has 0 spiro atoms. The van der Waals surface area contributed by atoms with Gasteiger partial charge < -0.3 is 16.0 Å². The van der Waals surface area contributed by atoms with Crippen LogP contribution in [0.25, 0.3) is 0 Å². The number of aromatic nitrogens is 2. The molecule has 0 aliphatic carbocycles. The van der Waals surface area contributed by atoms with E-state index in [1.54, 1.807) is 4.68 Å². The summed E-state index contributed by atoms with van der Waals surface area (Å²) in [6, 6.07) is 0. The van der Waals surface area contributed by atoms with E-state index < -0.39 is 0 Å². The fraction of sp³-hybridized carbons (Fsp3) is 0.625. The molecule has 3 N–H and O–H groups in total. The lowest BCUT2D eigenvalue weighted by Crippen LogP contribution is -2.27. The van der Waals surface area contributed by atoms with Crippen LogP contribution in [-0.4, -0.2) is 37.0 Å². The molecule has 0 atom stereocenters. The first-order valence-corrected chi connectivity index (χ1v) is 4.30. The lowest BCUT2D eigenvalue weighted by Gasteiger charge is -2.16. The average molecular weight is 183 g/mol. The van der Waals surface area contributed by atoms with E-state index in [-0.39, 0.29) is 0 Å². The Labute approximate surface area is 78.5 Å². The highest BCUT2D eigenvalue weighted by molar-refractivity contribution is 5.61.